The molecule has 1 N–H and O–H groups in total. The smallest absolute Gasteiger partial charge is 0.263 e. The van der Waals surface area contributed by atoms with Crippen molar-refractivity contribution >= 4 is 22.8 Å². The van der Waals surface area contributed by atoms with E-state index in [0.717, 1.165) is 5.57 Å². The summed E-state index contributed by atoms with van der Waals surface area (Å²) in [5, 5.41) is 4.32. The molecule has 0 bridgehead atoms. The Balaban J connectivity index is 1.50. The molecule has 2 unspecified atom stereocenters. The SMILES string of the molecule is O=c1c2cccnc2ncn1Cc1c(F)cc(C2=CC3C=NNC3C=C2)cc1F. The minimum absolute atomic E-state index is 0.0525. The Morgan fingerprint density at radius 2 is 2.00 bits per heavy atom. The number of hydrogen-bond donors (Lipinski definition) is 1. The number of hydrazone groups is 1. The second kappa shape index (κ2) is 6.73. The molecule has 29 heavy (non-hydrogen) atoms. The topological polar surface area (TPSA) is 72.2 Å². The molecular formula is C21H15F2N5O. The predicted molar refractivity (Wildman–Crippen MR) is 105 cm³/mol. The summed E-state index contributed by atoms with van der Waals surface area (Å²) < 4.78 is 30.8. The molecule has 5 rings (SSSR count). The van der Waals surface area contributed by atoms with Gasteiger partial charge in [0.05, 0.1) is 18.0 Å². The molecular weight excluding hydrogens is 376 g/mol. The normalized spacial score (nSPS) is 19.9. The maximum Gasteiger partial charge on any atom is 0.263 e. The van der Waals surface area contributed by atoms with Crippen LogP contribution >= 0.6 is 0 Å². The lowest BCUT2D eigenvalue weighted by Crippen LogP contribution is -2.25. The number of pyridine rings is 1. The van der Waals surface area contributed by atoms with Crippen molar-refractivity contribution in [3.05, 3.63) is 88.1 Å². The standard InChI is InChI=1S/C21H15F2N5O/c22-17-7-13(12-3-4-19-14(6-12)9-26-27-19)8-18(23)16(17)10-28-11-25-20-15(21(28)29)2-1-5-24-20/h1-9,11,14,19,27H,10H2. The highest BCUT2D eigenvalue weighted by atomic mass is 19.1. The second-order valence-corrected chi connectivity index (χ2v) is 6.96. The highest BCUT2D eigenvalue weighted by Gasteiger charge is 2.24. The summed E-state index contributed by atoms with van der Waals surface area (Å²) in [4.78, 5) is 20.7. The lowest BCUT2D eigenvalue weighted by molar-refractivity contribution is 0.540. The molecule has 3 heterocycles. The van der Waals surface area contributed by atoms with Crippen molar-refractivity contribution in [2.45, 2.75) is 12.6 Å². The van der Waals surface area contributed by atoms with Crippen LogP contribution in [0.25, 0.3) is 16.6 Å². The molecule has 0 fully saturated rings. The number of benzene rings is 1. The highest BCUT2D eigenvalue weighted by molar-refractivity contribution is 5.81. The third kappa shape index (κ3) is 3.02. The first-order chi connectivity index (χ1) is 14.1. The van der Waals surface area contributed by atoms with Crippen LogP contribution in [0.5, 0.6) is 0 Å². The number of fused-ring (bicyclic) bond motifs is 2. The monoisotopic (exact) mass is 391 g/mol. The molecule has 2 atom stereocenters. The van der Waals surface area contributed by atoms with Gasteiger partial charge in [-0.25, -0.2) is 18.7 Å². The molecule has 2 aliphatic rings. The minimum atomic E-state index is -0.715. The molecule has 0 spiro atoms. The number of hydrogen-bond acceptors (Lipinski definition) is 5. The molecule has 3 aromatic rings. The van der Waals surface area contributed by atoms with Gasteiger partial charge in [0, 0.05) is 23.9 Å². The van der Waals surface area contributed by atoms with Crippen molar-refractivity contribution in [3.8, 4) is 0 Å². The van der Waals surface area contributed by atoms with E-state index in [1.165, 1.54) is 29.2 Å². The largest absolute Gasteiger partial charge is 0.302 e. The van der Waals surface area contributed by atoms with Crippen molar-refractivity contribution in [2.75, 3.05) is 0 Å². The van der Waals surface area contributed by atoms with Crippen LogP contribution in [-0.4, -0.2) is 26.8 Å². The number of rotatable bonds is 3. The van der Waals surface area contributed by atoms with Gasteiger partial charge in [0.2, 0.25) is 0 Å². The highest BCUT2D eigenvalue weighted by Crippen LogP contribution is 2.28. The molecule has 0 saturated carbocycles. The van der Waals surface area contributed by atoms with E-state index in [9.17, 15) is 13.6 Å². The summed E-state index contributed by atoms with van der Waals surface area (Å²) in [7, 11) is 0. The van der Waals surface area contributed by atoms with Crippen molar-refractivity contribution in [1.29, 1.82) is 0 Å². The summed E-state index contributed by atoms with van der Waals surface area (Å²) >= 11 is 0. The van der Waals surface area contributed by atoms with Crippen LogP contribution < -0.4 is 11.0 Å². The Bertz CT molecular complexity index is 1250. The van der Waals surface area contributed by atoms with E-state index in [2.05, 4.69) is 20.5 Å². The van der Waals surface area contributed by atoms with Gasteiger partial charge in [0.25, 0.3) is 5.56 Å². The Morgan fingerprint density at radius 1 is 1.17 bits per heavy atom. The van der Waals surface area contributed by atoms with Crippen LogP contribution in [0.15, 0.2) is 64.9 Å². The Labute approximate surface area is 163 Å². The zero-order valence-corrected chi connectivity index (χ0v) is 15.1. The Hall–Kier alpha value is -3.68. The molecule has 1 aromatic carbocycles. The molecule has 1 aliphatic carbocycles. The minimum Gasteiger partial charge on any atom is -0.302 e. The van der Waals surface area contributed by atoms with E-state index in [0.29, 0.717) is 16.6 Å². The van der Waals surface area contributed by atoms with Crippen LogP contribution in [0.1, 0.15) is 11.1 Å². The fourth-order valence-electron chi connectivity index (χ4n) is 3.58. The van der Waals surface area contributed by atoms with Gasteiger partial charge in [0.15, 0.2) is 5.65 Å². The maximum atomic E-state index is 14.8. The van der Waals surface area contributed by atoms with Gasteiger partial charge in [-0.15, -0.1) is 0 Å². The fraction of sp³-hybridized carbons (Fsp3) is 0.143. The van der Waals surface area contributed by atoms with Gasteiger partial charge in [-0.05, 0) is 35.4 Å². The average molecular weight is 391 g/mol. The van der Waals surface area contributed by atoms with E-state index in [4.69, 9.17) is 0 Å². The summed E-state index contributed by atoms with van der Waals surface area (Å²) in [6.07, 6.45) is 10.2. The third-order valence-corrected chi connectivity index (χ3v) is 5.14. The van der Waals surface area contributed by atoms with Crippen molar-refractivity contribution in [1.82, 2.24) is 20.0 Å². The number of nitrogens with one attached hydrogen (secondary N) is 1. The van der Waals surface area contributed by atoms with Crippen LogP contribution in [0.2, 0.25) is 0 Å². The Morgan fingerprint density at radius 3 is 2.83 bits per heavy atom. The molecule has 0 amide bonds. The lowest BCUT2D eigenvalue weighted by atomic mass is 9.90. The lowest BCUT2D eigenvalue weighted by Gasteiger charge is -2.18. The number of halogens is 2. The maximum absolute atomic E-state index is 14.8. The van der Waals surface area contributed by atoms with Crippen LogP contribution in [-0.2, 0) is 6.54 Å². The molecule has 6 nitrogen and oxygen atoms in total. The second-order valence-electron chi connectivity index (χ2n) is 6.96. The van der Waals surface area contributed by atoms with Gasteiger partial charge in [-0.3, -0.25) is 9.36 Å². The molecule has 2 aromatic heterocycles. The quantitative estimate of drug-likeness (QED) is 0.745. The van der Waals surface area contributed by atoms with Gasteiger partial charge in [-0.2, -0.15) is 5.10 Å². The van der Waals surface area contributed by atoms with Crippen molar-refractivity contribution < 1.29 is 8.78 Å². The molecule has 1 aliphatic heterocycles. The molecule has 0 radical (unpaired) electrons. The Kier molecular flexibility index (Phi) is 4.04. The number of allylic oxidation sites excluding steroid dienone is 2. The first kappa shape index (κ1) is 17.4. The first-order valence-corrected chi connectivity index (χ1v) is 9.07. The predicted octanol–water partition coefficient (Wildman–Crippen LogP) is 2.65. The summed E-state index contributed by atoms with van der Waals surface area (Å²) in [6.45, 7) is -0.259. The van der Waals surface area contributed by atoms with Gasteiger partial charge in [0.1, 0.15) is 18.0 Å². The third-order valence-electron chi connectivity index (χ3n) is 5.14. The average Bonchev–Trinajstić information content (AvgIpc) is 3.20. The molecule has 0 saturated heterocycles. The molecule has 8 heteroatoms. The van der Waals surface area contributed by atoms with E-state index in [-0.39, 0.29) is 24.1 Å². The summed E-state index contributed by atoms with van der Waals surface area (Å²) in [5.74, 6) is -1.38. The van der Waals surface area contributed by atoms with E-state index >= 15 is 0 Å². The van der Waals surface area contributed by atoms with Crippen molar-refractivity contribution in [3.63, 3.8) is 0 Å². The van der Waals surface area contributed by atoms with Crippen LogP contribution in [0, 0.1) is 17.6 Å². The number of nitrogens with zero attached hydrogens (tertiary/aromatic N) is 4. The van der Waals surface area contributed by atoms with E-state index < -0.39 is 17.2 Å². The number of aromatic nitrogens is 3. The van der Waals surface area contributed by atoms with E-state index in [1.807, 2.05) is 18.2 Å². The van der Waals surface area contributed by atoms with Crippen molar-refractivity contribution in [2.24, 2.45) is 11.0 Å². The summed E-state index contributed by atoms with van der Waals surface area (Å²) in [6, 6.07) is 5.85. The van der Waals surface area contributed by atoms with Gasteiger partial charge in [-0.1, -0.05) is 18.2 Å². The molecule has 144 valence electrons. The zero-order chi connectivity index (χ0) is 20.0. The first-order valence-electron chi connectivity index (χ1n) is 9.07. The van der Waals surface area contributed by atoms with Crippen LogP contribution in [0.3, 0.4) is 0 Å². The zero-order valence-electron chi connectivity index (χ0n) is 15.1. The van der Waals surface area contributed by atoms with Crippen LogP contribution in [0.4, 0.5) is 8.78 Å². The van der Waals surface area contributed by atoms with Gasteiger partial charge < -0.3 is 5.43 Å². The summed E-state index contributed by atoms with van der Waals surface area (Å²) in [5.41, 5.74) is 3.82. The fourth-order valence-corrected chi connectivity index (χ4v) is 3.58. The van der Waals surface area contributed by atoms with E-state index in [1.54, 1.807) is 18.3 Å². The van der Waals surface area contributed by atoms with Gasteiger partial charge >= 0.3 is 0 Å².